The first-order valence-electron chi connectivity index (χ1n) is 11.3. The summed E-state index contributed by atoms with van der Waals surface area (Å²) in [7, 11) is 5.34. The van der Waals surface area contributed by atoms with Gasteiger partial charge in [0, 0.05) is 37.6 Å². The van der Waals surface area contributed by atoms with Gasteiger partial charge >= 0.3 is 6.03 Å². The first-order chi connectivity index (χ1) is 16.5. The van der Waals surface area contributed by atoms with Crippen LogP contribution in [0.5, 0.6) is 11.6 Å². The Morgan fingerprint density at radius 3 is 2.68 bits per heavy atom. The molecule has 4 heterocycles. The highest BCUT2D eigenvalue weighted by Gasteiger charge is 2.51. The number of rotatable bonds is 6. The lowest BCUT2D eigenvalue weighted by atomic mass is 9.86. The van der Waals surface area contributed by atoms with Gasteiger partial charge in [-0.2, -0.15) is 10.1 Å². The number of amides is 2. The summed E-state index contributed by atoms with van der Waals surface area (Å²) in [4.78, 5) is 29.0. The number of benzene rings is 1. The molecule has 2 fully saturated rings. The lowest BCUT2D eigenvalue weighted by Crippen LogP contribution is -2.53. The van der Waals surface area contributed by atoms with E-state index in [1.165, 1.54) is 0 Å². The summed E-state index contributed by atoms with van der Waals surface area (Å²) in [5.74, 6) is 1.53. The number of aromatic amines is 1. The molecule has 0 aliphatic carbocycles. The number of piperidine rings is 1. The van der Waals surface area contributed by atoms with Crippen LogP contribution >= 0.6 is 0 Å². The summed E-state index contributed by atoms with van der Waals surface area (Å²) >= 11 is 0. The lowest BCUT2D eigenvalue weighted by Gasteiger charge is -2.42. The molecule has 1 aromatic carbocycles. The SMILES string of the molecule is COc1cccc(CN2C(=O)N(c3ncc(-c4cn[nH]c4)c(OC)n3)CC23CCN(C)CC3)c1. The van der Waals surface area contributed by atoms with Crippen LogP contribution in [0.25, 0.3) is 11.1 Å². The third-order valence-electron chi connectivity index (χ3n) is 6.86. The molecule has 34 heavy (non-hydrogen) atoms. The van der Waals surface area contributed by atoms with Gasteiger partial charge in [0.15, 0.2) is 0 Å². The Morgan fingerprint density at radius 1 is 1.15 bits per heavy atom. The van der Waals surface area contributed by atoms with Crippen LogP contribution in [-0.4, -0.2) is 82.4 Å². The molecule has 0 radical (unpaired) electrons. The highest BCUT2D eigenvalue weighted by atomic mass is 16.5. The fraction of sp³-hybridized carbons (Fsp3) is 0.417. The number of H-pyrrole nitrogens is 1. The molecule has 1 spiro atoms. The second kappa shape index (κ2) is 8.94. The Kier molecular flexibility index (Phi) is 5.82. The summed E-state index contributed by atoms with van der Waals surface area (Å²) in [6.07, 6.45) is 6.90. The fourth-order valence-corrected chi connectivity index (χ4v) is 4.84. The van der Waals surface area contributed by atoms with Crippen molar-refractivity contribution in [1.29, 1.82) is 0 Å². The Balaban J connectivity index is 1.48. The zero-order valence-electron chi connectivity index (χ0n) is 19.7. The van der Waals surface area contributed by atoms with Crippen molar-refractivity contribution in [3.63, 3.8) is 0 Å². The highest BCUT2D eigenvalue weighted by molar-refractivity contribution is 5.94. The molecule has 5 rings (SSSR count). The number of nitrogens with one attached hydrogen (secondary N) is 1. The molecule has 2 saturated heterocycles. The number of hydrogen-bond acceptors (Lipinski definition) is 7. The zero-order chi connectivity index (χ0) is 23.7. The number of methoxy groups -OCH3 is 2. The Bertz CT molecular complexity index is 1160. The Hall–Kier alpha value is -3.66. The number of anilines is 1. The van der Waals surface area contributed by atoms with E-state index in [1.54, 1.807) is 37.7 Å². The van der Waals surface area contributed by atoms with Crippen molar-refractivity contribution in [2.75, 3.05) is 45.8 Å². The smallest absolute Gasteiger partial charge is 0.327 e. The predicted octanol–water partition coefficient (Wildman–Crippen LogP) is 2.79. The number of carbonyl (C=O) groups is 1. The molecule has 2 aromatic heterocycles. The van der Waals surface area contributed by atoms with Crippen molar-refractivity contribution in [2.24, 2.45) is 0 Å². The second-order valence-electron chi connectivity index (χ2n) is 8.91. The van der Waals surface area contributed by atoms with Crippen molar-refractivity contribution in [3.05, 3.63) is 48.4 Å². The minimum Gasteiger partial charge on any atom is -0.497 e. The maximum absolute atomic E-state index is 13.8. The van der Waals surface area contributed by atoms with E-state index in [2.05, 4.69) is 32.1 Å². The van der Waals surface area contributed by atoms with E-state index in [4.69, 9.17) is 9.47 Å². The Labute approximate surface area is 198 Å². The largest absolute Gasteiger partial charge is 0.497 e. The molecule has 2 aliphatic rings. The predicted molar refractivity (Wildman–Crippen MR) is 127 cm³/mol. The molecule has 10 nitrogen and oxygen atoms in total. The molecule has 1 N–H and O–H groups in total. The first-order valence-corrected chi connectivity index (χ1v) is 11.3. The van der Waals surface area contributed by atoms with E-state index in [0.29, 0.717) is 30.5 Å². The molecule has 0 unspecified atom stereocenters. The van der Waals surface area contributed by atoms with Crippen molar-refractivity contribution < 1.29 is 14.3 Å². The van der Waals surface area contributed by atoms with Crippen molar-refractivity contribution >= 4 is 12.0 Å². The van der Waals surface area contributed by atoms with Crippen molar-refractivity contribution in [3.8, 4) is 22.8 Å². The summed E-state index contributed by atoms with van der Waals surface area (Å²) in [6.45, 7) is 2.90. The van der Waals surface area contributed by atoms with Gasteiger partial charge in [0.1, 0.15) is 5.75 Å². The quantitative estimate of drug-likeness (QED) is 0.600. The third-order valence-corrected chi connectivity index (χ3v) is 6.86. The number of likely N-dealkylation sites (tertiary alicyclic amines) is 1. The van der Waals surface area contributed by atoms with Crippen LogP contribution in [0.15, 0.2) is 42.9 Å². The van der Waals surface area contributed by atoms with Gasteiger partial charge < -0.3 is 19.3 Å². The number of hydrogen-bond donors (Lipinski definition) is 1. The number of nitrogens with zero attached hydrogens (tertiary/aromatic N) is 6. The van der Waals surface area contributed by atoms with Gasteiger partial charge in [-0.05, 0) is 37.6 Å². The van der Waals surface area contributed by atoms with Crippen molar-refractivity contribution in [1.82, 2.24) is 30.0 Å². The molecule has 2 amide bonds. The topological polar surface area (TPSA) is 99.7 Å². The molecule has 0 bridgehead atoms. The Morgan fingerprint density at radius 2 is 1.97 bits per heavy atom. The van der Waals surface area contributed by atoms with Gasteiger partial charge in [-0.1, -0.05) is 12.1 Å². The van der Waals surface area contributed by atoms with E-state index in [0.717, 1.165) is 42.8 Å². The zero-order valence-corrected chi connectivity index (χ0v) is 19.7. The van der Waals surface area contributed by atoms with Gasteiger partial charge in [0.2, 0.25) is 11.8 Å². The minimum absolute atomic E-state index is 0.0921. The third kappa shape index (κ3) is 3.94. The molecule has 10 heteroatoms. The summed E-state index contributed by atoms with van der Waals surface area (Å²) in [5, 5.41) is 6.78. The number of urea groups is 1. The summed E-state index contributed by atoms with van der Waals surface area (Å²) in [5.41, 5.74) is 2.28. The lowest BCUT2D eigenvalue weighted by molar-refractivity contribution is 0.0825. The normalized spacial score (nSPS) is 18.0. The van der Waals surface area contributed by atoms with Crippen LogP contribution in [0.4, 0.5) is 10.7 Å². The molecule has 3 aromatic rings. The van der Waals surface area contributed by atoms with Gasteiger partial charge in [0.25, 0.3) is 0 Å². The molecule has 2 aliphatic heterocycles. The molecule has 0 saturated carbocycles. The van der Waals surface area contributed by atoms with E-state index < -0.39 is 0 Å². The number of carbonyl (C=O) groups excluding carboxylic acids is 1. The number of ether oxygens (including phenoxy) is 2. The van der Waals surface area contributed by atoms with E-state index in [9.17, 15) is 4.79 Å². The molecule has 178 valence electrons. The minimum atomic E-state index is -0.285. The summed E-state index contributed by atoms with van der Waals surface area (Å²) in [6, 6.07) is 7.79. The van der Waals surface area contributed by atoms with Gasteiger partial charge in [-0.3, -0.25) is 10.00 Å². The van der Waals surface area contributed by atoms with Crippen LogP contribution in [0.3, 0.4) is 0 Å². The highest BCUT2D eigenvalue weighted by Crippen LogP contribution is 2.39. The van der Waals surface area contributed by atoms with E-state index >= 15 is 0 Å². The monoisotopic (exact) mass is 463 g/mol. The molecular weight excluding hydrogens is 434 g/mol. The average Bonchev–Trinajstić information content (AvgIpc) is 3.49. The average molecular weight is 464 g/mol. The van der Waals surface area contributed by atoms with Crippen LogP contribution in [-0.2, 0) is 6.54 Å². The van der Waals surface area contributed by atoms with Crippen molar-refractivity contribution in [2.45, 2.75) is 24.9 Å². The first kappa shape index (κ1) is 22.1. The second-order valence-corrected chi connectivity index (χ2v) is 8.91. The van der Waals surface area contributed by atoms with Gasteiger partial charge in [0.05, 0.1) is 38.1 Å². The molecule has 0 atom stereocenters. The van der Waals surface area contributed by atoms with E-state index in [-0.39, 0.29) is 11.6 Å². The summed E-state index contributed by atoms with van der Waals surface area (Å²) < 4.78 is 10.9. The van der Waals surface area contributed by atoms with Crippen LogP contribution in [0.1, 0.15) is 18.4 Å². The van der Waals surface area contributed by atoms with Crippen LogP contribution < -0.4 is 14.4 Å². The van der Waals surface area contributed by atoms with E-state index in [1.807, 2.05) is 29.2 Å². The van der Waals surface area contributed by atoms with Gasteiger partial charge in [-0.15, -0.1) is 0 Å². The van der Waals surface area contributed by atoms with Gasteiger partial charge in [-0.25, -0.2) is 9.78 Å². The van der Waals surface area contributed by atoms with Crippen LogP contribution in [0.2, 0.25) is 0 Å². The molecular formula is C24H29N7O3. The fourth-order valence-electron chi connectivity index (χ4n) is 4.84. The standard InChI is InChI=1S/C24H29N7O3/c1-29-9-7-24(8-10-29)16-30(23(32)31(24)15-17-5-4-6-19(11-17)33-2)22-25-14-20(21(28-22)34-3)18-12-26-27-13-18/h4-6,11-14H,7-10,15-16H2,1-3H3,(H,26,27). The maximum Gasteiger partial charge on any atom is 0.327 e. The maximum atomic E-state index is 13.8. The van der Waals surface area contributed by atoms with Crippen LogP contribution in [0, 0.1) is 0 Å². The number of aromatic nitrogens is 4.